The zero-order valence-electron chi connectivity index (χ0n) is 7.32. The van der Waals surface area contributed by atoms with Crippen LogP contribution in [0.5, 0.6) is 0 Å². The molecule has 13 heavy (non-hydrogen) atoms. The Labute approximate surface area is 79.7 Å². The number of benzene rings is 1. The molecule has 1 rings (SSSR count). The zero-order valence-corrected chi connectivity index (χ0v) is 8.14. The summed E-state index contributed by atoms with van der Waals surface area (Å²) in [5, 5.41) is 0. The quantitative estimate of drug-likeness (QED) is 0.568. The lowest BCUT2D eigenvalue weighted by atomic mass is 10.3. The van der Waals surface area contributed by atoms with Crippen molar-refractivity contribution in [3.63, 3.8) is 0 Å². The van der Waals surface area contributed by atoms with Gasteiger partial charge in [0.1, 0.15) is 0 Å². The first-order valence-corrected chi connectivity index (χ1v) is 5.14. The Kier molecular flexibility index (Phi) is 3.72. The van der Waals surface area contributed by atoms with Gasteiger partial charge in [-0.05, 0) is 18.2 Å². The Hall–Kier alpha value is -1.07. The van der Waals surface area contributed by atoms with Crippen LogP contribution in [0.3, 0.4) is 0 Å². The summed E-state index contributed by atoms with van der Waals surface area (Å²) in [4.78, 5) is 0. The molecule has 0 aliphatic heterocycles. The van der Waals surface area contributed by atoms with E-state index in [0.29, 0.717) is 17.1 Å². The lowest BCUT2D eigenvalue weighted by Gasteiger charge is -2.04. The summed E-state index contributed by atoms with van der Waals surface area (Å²) in [6.45, 7) is 1.77. The van der Waals surface area contributed by atoms with Crippen LogP contribution in [0, 0.1) is 0 Å². The van der Waals surface area contributed by atoms with Crippen molar-refractivity contribution in [2.24, 2.45) is 0 Å². The summed E-state index contributed by atoms with van der Waals surface area (Å²) < 4.78 is 15.7. The molecular formula is C8H12N2O2S. The number of nitrogens with one attached hydrogen (secondary N) is 1. The fourth-order valence-corrected chi connectivity index (χ4v) is 1.06. The van der Waals surface area contributed by atoms with Gasteiger partial charge < -0.3 is 5.73 Å². The van der Waals surface area contributed by atoms with Gasteiger partial charge in [-0.2, -0.15) is 4.28 Å². The maximum atomic E-state index is 10.9. The third-order valence-corrected chi connectivity index (χ3v) is 2.12. The first kappa shape index (κ1) is 10.0. The molecule has 4 nitrogen and oxygen atoms in total. The van der Waals surface area contributed by atoms with E-state index in [1.807, 2.05) is 0 Å². The average molecular weight is 200 g/mol. The second-order valence-electron chi connectivity index (χ2n) is 2.40. The van der Waals surface area contributed by atoms with Crippen molar-refractivity contribution in [1.82, 2.24) is 0 Å². The van der Waals surface area contributed by atoms with E-state index in [9.17, 15) is 4.21 Å². The molecule has 1 aromatic carbocycles. The maximum absolute atomic E-state index is 10.9. The van der Waals surface area contributed by atoms with E-state index in [4.69, 9.17) is 10.0 Å². The van der Waals surface area contributed by atoms with Crippen LogP contribution in [0.15, 0.2) is 24.3 Å². The zero-order chi connectivity index (χ0) is 9.68. The molecule has 0 radical (unpaired) electrons. The molecule has 0 saturated carbocycles. The minimum absolute atomic E-state index is 0.454. The van der Waals surface area contributed by atoms with Crippen LogP contribution < -0.4 is 11.2 Å². The Balaban J connectivity index is 2.50. The summed E-state index contributed by atoms with van der Waals surface area (Å²) in [6, 6.07) is 7.04. The normalized spacial score (nSPS) is 12.4. The molecule has 1 atom stereocenters. The van der Waals surface area contributed by atoms with Crippen molar-refractivity contribution >= 4 is 22.5 Å². The second kappa shape index (κ2) is 4.84. The molecule has 3 N–H and O–H groups in total. The lowest BCUT2D eigenvalue weighted by molar-refractivity contribution is 0.437. The van der Waals surface area contributed by atoms with Gasteiger partial charge in [0.15, 0.2) is 11.1 Å². The minimum Gasteiger partial charge on any atom is -0.399 e. The van der Waals surface area contributed by atoms with Gasteiger partial charge in [0.05, 0.1) is 5.69 Å². The molecule has 5 heteroatoms. The first-order chi connectivity index (χ1) is 6.22. The SMILES string of the molecule is CCS(=O)ONc1cccc(N)c1. The van der Waals surface area contributed by atoms with Crippen LogP contribution in [0.25, 0.3) is 0 Å². The Bertz CT molecular complexity index is 304. The van der Waals surface area contributed by atoms with E-state index >= 15 is 0 Å². The van der Waals surface area contributed by atoms with Gasteiger partial charge in [0.2, 0.25) is 0 Å². The highest BCUT2D eigenvalue weighted by Crippen LogP contribution is 2.11. The number of rotatable bonds is 4. The predicted octanol–water partition coefficient (Wildman–Crippen LogP) is 1.30. The smallest absolute Gasteiger partial charge is 0.179 e. The van der Waals surface area contributed by atoms with E-state index in [1.54, 1.807) is 31.2 Å². The van der Waals surface area contributed by atoms with Gasteiger partial charge in [-0.1, -0.05) is 13.0 Å². The summed E-state index contributed by atoms with van der Waals surface area (Å²) >= 11 is -1.29. The van der Waals surface area contributed by atoms with Gasteiger partial charge >= 0.3 is 0 Å². The molecule has 0 saturated heterocycles. The van der Waals surface area contributed by atoms with E-state index in [-0.39, 0.29) is 0 Å². The number of hydrogen-bond donors (Lipinski definition) is 2. The van der Waals surface area contributed by atoms with Gasteiger partial charge in [0.25, 0.3) is 0 Å². The summed E-state index contributed by atoms with van der Waals surface area (Å²) in [5.74, 6) is 0.454. The topological polar surface area (TPSA) is 64.3 Å². The standard InChI is InChI=1S/C8H12N2O2S/c1-2-13(11)12-10-8-5-3-4-7(9)6-8/h3-6,10H,2,9H2,1H3. The van der Waals surface area contributed by atoms with Crippen LogP contribution in [0.4, 0.5) is 11.4 Å². The van der Waals surface area contributed by atoms with Gasteiger partial charge in [-0.25, -0.2) is 4.21 Å². The Morgan fingerprint density at radius 1 is 1.62 bits per heavy atom. The van der Waals surface area contributed by atoms with Crippen molar-refractivity contribution in [1.29, 1.82) is 0 Å². The van der Waals surface area contributed by atoms with Gasteiger partial charge in [-0.3, -0.25) is 5.48 Å². The Morgan fingerprint density at radius 3 is 3.00 bits per heavy atom. The fourth-order valence-electron chi connectivity index (χ4n) is 0.756. The highest BCUT2D eigenvalue weighted by molar-refractivity contribution is 7.80. The molecular weight excluding hydrogens is 188 g/mol. The van der Waals surface area contributed by atoms with Crippen LogP contribution in [-0.2, 0) is 15.4 Å². The maximum Gasteiger partial charge on any atom is 0.179 e. The highest BCUT2D eigenvalue weighted by Gasteiger charge is 1.96. The third-order valence-electron chi connectivity index (χ3n) is 1.37. The largest absolute Gasteiger partial charge is 0.399 e. The van der Waals surface area contributed by atoms with E-state index in [0.717, 1.165) is 0 Å². The number of nitrogen functional groups attached to an aromatic ring is 1. The molecule has 0 aromatic heterocycles. The van der Waals surface area contributed by atoms with Crippen LogP contribution in [0.2, 0.25) is 0 Å². The fraction of sp³-hybridized carbons (Fsp3) is 0.250. The van der Waals surface area contributed by atoms with Crippen molar-refractivity contribution < 1.29 is 8.49 Å². The molecule has 0 spiro atoms. The summed E-state index contributed by atoms with van der Waals surface area (Å²) in [5.41, 5.74) is 9.41. The molecule has 1 aromatic rings. The van der Waals surface area contributed by atoms with Crippen LogP contribution in [0.1, 0.15) is 6.92 Å². The molecule has 0 aliphatic rings. The summed E-state index contributed by atoms with van der Waals surface area (Å²) in [7, 11) is 0. The van der Waals surface area contributed by atoms with Crippen molar-refractivity contribution in [3.05, 3.63) is 24.3 Å². The molecule has 0 bridgehead atoms. The third kappa shape index (κ3) is 3.43. The van der Waals surface area contributed by atoms with Crippen molar-refractivity contribution in [3.8, 4) is 0 Å². The molecule has 72 valence electrons. The van der Waals surface area contributed by atoms with Crippen molar-refractivity contribution in [2.45, 2.75) is 6.92 Å². The van der Waals surface area contributed by atoms with E-state index < -0.39 is 11.1 Å². The number of nitrogens with two attached hydrogens (primary N) is 1. The second-order valence-corrected chi connectivity index (χ2v) is 3.75. The number of anilines is 2. The minimum atomic E-state index is -1.29. The van der Waals surface area contributed by atoms with Gasteiger partial charge in [0, 0.05) is 11.4 Å². The molecule has 0 amide bonds. The predicted molar refractivity (Wildman–Crippen MR) is 54.2 cm³/mol. The highest BCUT2D eigenvalue weighted by atomic mass is 32.2. The molecule has 0 fully saturated rings. The lowest BCUT2D eigenvalue weighted by Crippen LogP contribution is -2.06. The Morgan fingerprint density at radius 2 is 2.38 bits per heavy atom. The van der Waals surface area contributed by atoms with Gasteiger partial charge in [-0.15, -0.1) is 0 Å². The van der Waals surface area contributed by atoms with E-state index in [1.165, 1.54) is 0 Å². The summed E-state index contributed by atoms with van der Waals surface area (Å²) in [6.07, 6.45) is 0. The van der Waals surface area contributed by atoms with Crippen molar-refractivity contribution in [2.75, 3.05) is 17.0 Å². The average Bonchev–Trinajstić information content (AvgIpc) is 2.14. The molecule has 1 unspecified atom stereocenters. The monoisotopic (exact) mass is 200 g/mol. The molecule has 0 heterocycles. The van der Waals surface area contributed by atoms with E-state index in [2.05, 4.69) is 5.48 Å². The molecule has 0 aliphatic carbocycles. The number of hydrogen-bond acceptors (Lipinski definition) is 4. The van der Waals surface area contributed by atoms with Crippen LogP contribution >= 0.6 is 0 Å². The van der Waals surface area contributed by atoms with Crippen LogP contribution in [-0.4, -0.2) is 9.96 Å². The first-order valence-electron chi connectivity index (χ1n) is 3.89.